The normalized spacial score (nSPS) is 10.0. The van der Waals surface area contributed by atoms with Gasteiger partial charge in [0.15, 0.2) is 0 Å². The third-order valence-electron chi connectivity index (χ3n) is 3.20. The zero-order chi connectivity index (χ0) is 15.9. The molecule has 0 atom stereocenters. The average Bonchev–Trinajstić information content (AvgIpc) is 3.04. The summed E-state index contributed by atoms with van der Waals surface area (Å²) in [5.41, 5.74) is 0.409. The molecule has 0 fully saturated rings. The number of likely N-dealkylation sites (N-methyl/N-ethyl adjacent to an activating group) is 1. The molecule has 0 saturated heterocycles. The number of carbonyl (C=O) groups excluding carboxylic acids is 1. The number of nitrogens with one attached hydrogen (secondary N) is 1. The summed E-state index contributed by atoms with van der Waals surface area (Å²) in [5, 5.41) is 13.9. The van der Waals surface area contributed by atoms with Crippen molar-refractivity contribution < 1.29 is 9.18 Å². The first-order chi connectivity index (χ1) is 10.7. The summed E-state index contributed by atoms with van der Waals surface area (Å²) < 4.78 is 13.7. The van der Waals surface area contributed by atoms with E-state index in [-0.39, 0.29) is 18.0 Å². The van der Waals surface area contributed by atoms with E-state index in [2.05, 4.69) is 5.32 Å². The van der Waals surface area contributed by atoms with Crippen LogP contribution >= 0.6 is 11.3 Å². The molecular weight excluding hydrogens is 301 g/mol. The maximum atomic E-state index is 13.7. The average molecular weight is 317 g/mol. The van der Waals surface area contributed by atoms with Gasteiger partial charge in [0, 0.05) is 11.4 Å². The molecule has 114 valence electrons. The van der Waals surface area contributed by atoms with Crippen molar-refractivity contribution in [3.05, 3.63) is 52.0 Å². The molecule has 1 aromatic heterocycles. The minimum absolute atomic E-state index is 0.0320. The van der Waals surface area contributed by atoms with Gasteiger partial charge in [0.05, 0.1) is 18.8 Å². The van der Waals surface area contributed by atoms with Gasteiger partial charge in [-0.15, -0.1) is 11.3 Å². The molecule has 1 N–H and O–H groups in total. The quantitative estimate of drug-likeness (QED) is 0.891. The van der Waals surface area contributed by atoms with Gasteiger partial charge in [-0.2, -0.15) is 5.26 Å². The molecule has 0 aliphatic rings. The third kappa shape index (κ3) is 3.83. The Morgan fingerprint density at radius 1 is 1.41 bits per heavy atom. The maximum Gasteiger partial charge on any atom is 0.239 e. The number of nitriles is 1. The standard InChI is InChI=1S/C16H16FN3OS/c1-2-20(15-7-3-6-14(17)13(15)9-18)11-16(21)19-10-12-5-4-8-22-12/h3-8H,2,10-11H2,1H3,(H,19,21). The van der Waals surface area contributed by atoms with Gasteiger partial charge in [0.25, 0.3) is 0 Å². The molecule has 0 spiro atoms. The number of anilines is 1. The summed E-state index contributed by atoms with van der Waals surface area (Å²) in [6.45, 7) is 2.92. The summed E-state index contributed by atoms with van der Waals surface area (Å²) in [7, 11) is 0. The number of halogens is 1. The molecule has 2 rings (SSSR count). The van der Waals surface area contributed by atoms with E-state index in [0.717, 1.165) is 4.88 Å². The van der Waals surface area contributed by atoms with Crippen molar-refractivity contribution in [1.29, 1.82) is 5.26 Å². The number of thiophene rings is 1. The van der Waals surface area contributed by atoms with Crippen molar-refractivity contribution in [2.45, 2.75) is 13.5 Å². The van der Waals surface area contributed by atoms with E-state index in [9.17, 15) is 9.18 Å². The fourth-order valence-electron chi connectivity index (χ4n) is 2.08. The van der Waals surface area contributed by atoms with E-state index in [4.69, 9.17) is 5.26 Å². The Hall–Kier alpha value is -2.39. The molecule has 0 aliphatic heterocycles. The minimum Gasteiger partial charge on any atom is -0.361 e. The highest BCUT2D eigenvalue weighted by molar-refractivity contribution is 7.09. The Balaban J connectivity index is 2.04. The van der Waals surface area contributed by atoms with Crippen LogP contribution in [0.4, 0.5) is 10.1 Å². The molecule has 6 heteroatoms. The van der Waals surface area contributed by atoms with Crippen molar-refractivity contribution in [2.75, 3.05) is 18.0 Å². The van der Waals surface area contributed by atoms with E-state index < -0.39 is 5.82 Å². The predicted octanol–water partition coefficient (Wildman–Crippen LogP) is 2.90. The van der Waals surface area contributed by atoms with E-state index in [1.807, 2.05) is 30.5 Å². The first-order valence-corrected chi connectivity index (χ1v) is 7.76. The second kappa shape index (κ2) is 7.57. The van der Waals surface area contributed by atoms with Crippen LogP contribution in [0.5, 0.6) is 0 Å². The van der Waals surface area contributed by atoms with Crippen LogP contribution in [-0.4, -0.2) is 19.0 Å². The van der Waals surface area contributed by atoms with Crippen molar-refractivity contribution in [1.82, 2.24) is 5.32 Å². The molecule has 2 aromatic rings. The van der Waals surface area contributed by atoms with Crippen LogP contribution in [0, 0.1) is 17.1 Å². The lowest BCUT2D eigenvalue weighted by atomic mass is 10.1. The first kappa shape index (κ1) is 16.0. The maximum absolute atomic E-state index is 13.7. The predicted molar refractivity (Wildman–Crippen MR) is 85.2 cm³/mol. The lowest BCUT2D eigenvalue weighted by Gasteiger charge is -2.23. The van der Waals surface area contributed by atoms with Gasteiger partial charge in [-0.25, -0.2) is 4.39 Å². The summed E-state index contributed by atoms with van der Waals surface area (Å²) in [6.07, 6.45) is 0. The fourth-order valence-corrected chi connectivity index (χ4v) is 2.73. The van der Waals surface area contributed by atoms with Gasteiger partial charge >= 0.3 is 0 Å². The smallest absolute Gasteiger partial charge is 0.239 e. The van der Waals surface area contributed by atoms with Crippen molar-refractivity contribution in [2.24, 2.45) is 0 Å². The first-order valence-electron chi connectivity index (χ1n) is 6.88. The SMILES string of the molecule is CCN(CC(=O)NCc1cccs1)c1cccc(F)c1C#N. The van der Waals surface area contributed by atoms with Crippen molar-refractivity contribution >= 4 is 22.9 Å². The highest BCUT2D eigenvalue weighted by Gasteiger charge is 2.16. The zero-order valence-electron chi connectivity index (χ0n) is 12.2. The molecule has 0 unspecified atom stereocenters. The Labute approximate surface area is 132 Å². The van der Waals surface area contributed by atoms with Crippen LogP contribution in [-0.2, 0) is 11.3 Å². The number of hydrogen-bond acceptors (Lipinski definition) is 4. The second-order valence-corrected chi connectivity index (χ2v) is 5.65. The van der Waals surface area contributed by atoms with Crippen molar-refractivity contribution in [3.63, 3.8) is 0 Å². The zero-order valence-corrected chi connectivity index (χ0v) is 13.0. The Kier molecular flexibility index (Phi) is 5.50. The molecule has 1 aromatic carbocycles. The summed E-state index contributed by atoms with van der Waals surface area (Å²) >= 11 is 1.57. The molecule has 0 saturated carbocycles. The molecule has 1 amide bonds. The Morgan fingerprint density at radius 3 is 2.86 bits per heavy atom. The molecule has 1 heterocycles. The van der Waals surface area contributed by atoms with E-state index in [1.54, 1.807) is 22.3 Å². The third-order valence-corrected chi connectivity index (χ3v) is 4.08. The van der Waals surface area contributed by atoms with Gasteiger partial charge in [-0.1, -0.05) is 12.1 Å². The molecule has 0 aliphatic carbocycles. The van der Waals surface area contributed by atoms with Crippen LogP contribution < -0.4 is 10.2 Å². The Morgan fingerprint density at radius 2 is 2.23 bits per heavy atom. The number of carbonyl (C=O) groups is 1. The summed E-state index contributed by atoms with van der Waals surface area (Å²) in [5.74, 6) is -0.735. The second-order valence-electron chi connectivity index (χ2n) is 4.62. The van der Waals surface area contributed by atoms with Gasteiger partial charge in [0.2, 0.25) is 5.91 Å². The van der Waals surface area contributed by atoms with Gasteiger partial charge in [0.1, 0.15) is 17.4 Å². The Bertz CT molecular complexity index is 679. The highest BCUT2D eigenvalue weighted by Crippen LogP contribution is 2.22. The van der Waals surface area contributed by atoms with E-state index in [1.165, 1.54) is 12.1 Å². The number of nitrogens with zero attached hydrogens (tertiary/aromatic N) is 2. The monoisotopic (exact) mass is 317 g/mol. The van der Waals surface area contributed by atoms with Gasteiger partial charge in [-0.3, -0.25) is 4.79 Å². The van der Waals surface area contributed by atoms with Crippen LogP contribution in [0.3, 0.4) is 0 Å². The number of amides is 1. The molecule has 0 radical (unpaired) electrons. The van der Waals surface area contributed by atoms with Crippen LogP contribution in [0.1, 0.15) is 17.4 Å². The number of rotatable bonds is 6. The number of benzene rings is 1. The van der Waals surface area contributed by atoms with Gasteiger partial charge in [-0.05, 0) is 30.5 Å². The molecule has 0 bridgehead atoms. The van der Waals surface area contributed by atoms with E-state index >= 15 is 0 Å². The van der Waals surface area contributed by atoms with Gasteiger partial charge < -0.3 is 10.2 Å². The molecule has 22 heavy (non-hydrogen) atoms. The van der Waals surface area contributed by atoms with Crippen molar-refractivity contribution in [3.8, 4) is 6.07 Å². The molecular formula is C16H16FN3OS. The van der Waals surface area contributed by atoms with Crippen LogP contribution in [0.15, 0.2) is 35.7 Å². The van der Waals surface area contributed by atoms with E-state index in [0.29, 0.717) is 18.8 Å². The lowest BCUT2D eigenvalue weighted by molar-refractivity contribution is -0.119. The van der Waals surface area contributed by atoms with Crippen LogP contribution in [0.25, 0.3) is 0 Å². The summed E-state index contributed by atoms with van der Waals surface area (Å²) in [4.78, 5) is 14.8. The largest absolute Gasteiger partial charge is 0.361 e. The molecule has 4 nitrogen and oxygen atoms in total. The number of hydrogen-bond donors (Lipinski definition) is 1. The topological polar surface area (TPSA) is 56.1 Å². The fraction of sp³-hybridized carbons (Fsp3) is 0.250. The summed E-state index contributed by atoms with van der Waals surface area (Å²) in [6, 6.07) is 10.2. The minimum atomic E-state index is -0.572. The highest BCUT2D eigenvalue weighted by atomic mass is 32.1. The lowest BCUT2D eigenvalue weighted by Crippen LogP contribution is -2.37. The van der Waals surface area contributed by atoms with Crippen LogP contribution in [0.2, 0.25) is 0 Å².